The van der Waals surface area contributed by atoms with Crippen LogP contribution in [0.2, 0.25) is 0 Å². The molecule has 3 heteroatoms. The van der Waals surface area contributed by atoms with Gasteiger partial charge >= 0.3 is 0 Å². The second-order valence-corrected chi connectivity index (χ2v) is 8.80. The van der Waals surface area contributed by atoms with Crippen LogP contribution in [0.4, 0.5) is 0 Å². The van der Waals surface area contributed by atoms with E-state index in [1.165, 1.54) is 38.5 Å². The molecule has 3 aliphatic rings. The van der Waals surface area contributed by atoms with Crippen LogP contribution in [-0.2, 0) is 4.74 Å². The van der Waals surface area contributed by atoms with E-state index in [4.69, 9.17) is 4.74 Å². The first-order chi connectivity index (χ1) is 8.24. The average molecular weight is 366 g/mol. The molecule has 0 N–H and O–H groups in total. The Bertz CT molecular complexity index is 245. The molecule has 98 valence electrons. The van der Waals surface area contributed by atoms with Crippen molar-refractivity contribution in [2.24, 2.45) is 23.7 Å². The van der Waals surface area contributed by atoms with E-state index < -0.39 is 0 Å². The SMILES string of the molecule is BrC1CCC2C(COCC3CC(Br)CCC32)C1. The molecule has 0 aromatic carbocycles. The lowest BCUT2D eigenvalue weighted by Gasteiger charge is -2.42. The summed E-state index contributed by atoms with van der Waals surface area (Å²) >= 11 is 7.62. The van der Waals surface area contributed by atoms with Gasteiger partial charge < -0.3 is 4.74 Å². The van der Waals surface area contributed by atoms with Crippen LogP contribution in [0.5, 0.6) is 0 Å². The van der Waals surface area contributed by atoms with Gasteiger partial charge in [-0.15, -0.1) is 0 Å². The van der Waals surface area contributed by atoms with Crippen LogP contribution in [0.3, 0.4) is 0 Å². The molecule has 2 saturated carbocycles. The zero-order valence-electron chi connectivity index (χ0n) is 10.3. The maximum atomic E-state index is 5.99. The fourth-order valence-corrected chi connectivity index (χ4v) is 5.83. The van der Waals surface area contributed by atoms with Crippen LogP contribution in [-0.4, -0.2) is 22.9 Å². The van der Waals surface area contributed by atoms with Crippen molar-refractivity contribution in [3.8, 4) is 0 Å². The summed E-state index contributed by atoms with van der Waals surface area (Å²) in [5.41, 5.74) is 0. The second-order valence-electron chi connectivity index (χ2n) is 6.21. The fraction of sp³-hybridized carbons (Fsp3) is 1.00. The van der Waals surface area contributed by atoms with Gasteiger partial charge in [0.15, 0.2) is 0 Å². The molecule has 1 aliphatic heterocycles. The zero-order chi connectivity index (χ0) is 11.8. The van der Waals surface area contributed by atoms with Gasteiger partial charge in [0.25, 0.3) is 0 Å². The number of ether oxygens (including phenoxy) is 1. The number of hydrogen-bond acceptors (Lipinski definition) is 1. The Balaban J connectivity index is 1.74. The second kappa shape index (κ2) is 5.50. The summed E-state index contributed by atoms with van der Waals surface area (Å²) < 4.78 is 5.99. The molecule has 0 radical (unpaired) electrons. The highest BCUT2D eigenvalue weighted by molar-refractivity contribution is 9.09. The van der Waals surface area contributed by atoms with Crippen molar-refractivity contribution >= 4 is 31.9 Å². The van der Waals surface area contributed by atoms with Gasteiger partial charge in [-0.25, -0.2) is 0 Å². The first-order valence-electron chi connectivity index (χ1n) is 7.10. The Labute approximate surface area is 121 Å². The molecule has 1 heterocycles. The number of rotatable bonds is 0. The van der Waals surface area contributed by atoms with Crippen LogP contribution >= 0.6 is 31.9 Å². The molecule has 6 atom stereocenters. The van der Waals surface area contributed by atoms with Gasteiger partial charge in [-0.05, 0) is 62.2 Å². The van der Waals surface area contributed by atoms with Gasteiger partial charge in [-0.3, -0.25) is 0 Å². The highest BCUT2D eigenvalue weighted by Crippen LogP contribution is 2.48. The molecule has 0 aromatic rings. The van der Waals surface area contributed by atoms with Crippen LogP contribution in [0, 0.1) is 23.7 Å². The minimum Gasteiger partial charge on any atom is -0.381 e. The molecular weight excluding hydrogens is 344 g/mol. The normalized spacial score (nSPS) is 51.2. The molecule has 0 amide bonds. The minimum atomic E-state index is 0.747. The fourth-order valence-electron chi connectivity index (χ4n) is 4.34. The maximum Gasteiger partial charge on any atom is 0.0497 e. The van der Waals surface area contributed by atoms with Crippen molar-refractivity contribution < 1.29 is 4.74 Å². The van der Waals surface area contributed by atoms with E-state index in [-0.39, 0.29) is 0 Å². The van der Waals surface area contributed by atoms with E-state index in [0.717, 1.165) is 46.5 Å². The third-order valence-corrected chi connectivity index (χ3v) is 6.83. The average Bonchev–Trinajstić information content (AvgIpc) is 2.47. The number of alkyl halides is 2. The molecule has 17 heavy (non-hydrogen) atoms. The summed E-state index contributed by atoms with van der Waals surface area (Å²) in [6.45, 7) is 2.04. The Morgan fingerprint density at radius 1 is 0.706 bits per heavy atom. The lowest BCUT2D eigenvalue weighted by molar-refractivity contribution is 0.0783. The standard InChI is InChI=1S/C14H22Br2O/c15-11-1-3-13-9(5-11)7-17-8-10-6-12(16)2-4-14(10)13/h9-14H,1-8H2. The molecule has 0 bridgehead atoms. The highest BCUT2D eigenvalue weighted by Gasteiger charge is 2.42. The van der Waals surface area contributed by atoms with Crippen LogP contribution in [0.15, 0.2) is 0 Å². The molecular formula is C14H22Br2O. The number of halogens is 2. The van der Waals surface area contributed by atoms with Crippen LogP contribution < -0.4 is 0 Å². The van der Waals surface area contributed by atoms with Gasteiger partial charge in [0.1, 0.15) is 0 Å². The van der Waals surface area contributed by atoms with E-state index in [1.807, 2.05) is 0 Å². The summed E-state index contributed by atoms with van der Waals surface area (Å²) in [5, 5.41) is 0. The Kier molecular flexibility index (Phi) is 4.18. The highest BCUT2D eigenvalue weighted by atomic mass is 79.9. The first-order valence-corrected chi connectivity index (χ1v) is 8.93. The molecule has 0 aromatic heterocycles. The van der Waals surface area contributed by atoms with Crippen molar-refractivity contribution in [2.45, 2.75) is 48.2 Å². The van der Waals surface area contributed by atoms with Crippen LogP contribution in [0.25, 0.3) is 0 Å². The van der Waals surface area contributed by atoms with E-state index in [2.05, 4.69) is 31.9 Å². The molecule has 1 nitrogen and oxygen atoms in total. The van der Waals surface area contributed by atoms with E-state index in [0.29, 0.717) is 0 Å². The smallest absolute Gasteiger partial charge is 0.0497 e. The minimum absolute atomic E-state index is 0.747. The van der Waals surface area contributed by atoms with Gasteiger partial charge in [0, 0.05) is 22.9 Å². The number of fused-ring (bicyclic) bond motifs is 3. The molecule has 2 aliphatic carbocycles. The summed E-state index contributed by atoms with van der Waals surface area (Å²) in [7, 11) is 0. The first kappa shape index (κ1) is 12.9. The maximum absolute atomic E-state index is 5.99. The lowest BCUT2D eigenvalue weighted by atomic mass is 9.65. The monoisotopic (exact) mass is 364 g/mol. The van der Waals surface area contributed by atoms with Gasteiger partial charge in [-0.1, -0.05) is 31.9 Å². The largest absolute Gasteiger partial charge is 0.381 e. The zero-order valence-corrected chi connectivity index (χ0v) is 13.5. The quantitative estimate of drug-likeness (QED) is 0.579. The van der Waals surface area contributed by atoms with E-state index in [9.17, 15) is 0 Å². The predicted molar refractivity (Wildman–Crippen MR) is 77.9 cm³/mol. The third kappa shape index (κ3) is 2.76. The Morgan fingerprint density at radius 3 is 1.65 bits per heavy atom. The Hall–Kier alpha value is 0.920. The summed E-state index contributed by atoms with van der Waals surface area (Å²) in [5.74, 6) is 3.57. The van der Waals surface area contributed by atoms with E-state index in [1.54, 1.807) is 0 Å². The summed E-state index contributed by atoms with van der Waals surface area (Å²) in [6, 6.07) is 0. The molecule has 3 fully saturated rings. The Morgan fingerprint density at radius 2 is 1.18 bits per heavy atom. The van der Waals surface area contributed by atoms with E-state index >= 15 is 0 Å². The topological polar surface area (TPSA) is 9.23 Å². The predicted octanol–water partition coefficient (Wildman–Crippen LogP) is 4.38. The van der Waals surface area contributed by atoms with Gasteiger partial charge in [0.05, 0.1) is 0 Å². The van der Waals surface area contributed by atoms with Crippen molar-refractivity contribution in [3.05, 3.63) is 0 Å². The molecule has 0 spiro atoms. The molecule has 6 unspecified atom stereocenters. The summed E-state index contributed by atoms with van der Waals surface area (Å²) in [4.78, 5) is 1.49. The van der Waals surface area contributed by atoms with Crippen molar-refractivity contribution in [2.75, 3.05) is 13.2 Å². The van der Waals surface area contributed by atoms with Crippen molar-refractivity contribution in [3.63, 3.8) is 0 Å². The van der Waals surface area contributed by atoms with Crippen molar-refractivity contribution in [1.29, 1.82) is 0 Å². The summed E-state index contributed by atoms with van der Waals surface area (Å²) in [6.07, 6.45) is 8.29. The lowest BCUT2D eigenvalue weighted by Crippen LogP contribution is -2.37. The van der Waals surface area contributed by atoms with Gasteiger partial charge in [0.2, 0.25) is 0 Å². The van der Waals surface area contributed by atoms with Crippen molar-refractivity contribution in [1.82, 2.24) is 0 Å². The van der Waals surface area contributed by atoms with Gasteiger partial charge in [-0.2, -0.15) is 0 Å². The molecule has 1 saturated heterocycles. The molecule has 3 rings (SSSR count). The third-order valence-electron chi connectivity index (χ3n) is 5.17. The van der Waals surface area contributed by atoms with Crippen LogP contribution in [0.1, 0.15) is 38.5 Å². The number of hydrogen-bond donors (Lipinski definition) is 0.